The fourth-order valence-corrected chi connectivity index (χ4v) is 3.40. The lowest BCUT2D eigenvalue weighted by atomic mass is 10.2. The predicted molar refractivity (Wildman–Crippen MR) is 57.9 cm³/mol. The fourth-order valence-electron chi connectivity index (χ4n) is 1.41. The van der Waals surface area contributed by atoms with Gasteiger partial charge in [-0.15, -0.1) is 6.58 Å². The summed E-state index contributed by atoms with van der Waals surface area (Å²) in [5, 5.41) is 0. The standard InChI is InChI=1S/C10H22OSi/c1-6-8-10(3)11-12(4,5)9-7-2/h7,10H,2,6,8-9H2,1,3-5H3. The minimum absolute atomic E-state index is 0.427. The Labute approximate surface area is 78.0 Å². The molecule has 72 valence electrons. The highest BCUT2D eigenvalue weighted by molar-refractivity contribution is 6.71. The average molecular weight is 186 g/mol. The summed E-state index contributed by atoms with van der Waals surface area (Å²) in [5.74, 6) is 0. The quantitative estimate of drug-likeness (QED) is 0.455. The maximum Gasteiger partial charge on any atom is 0.190 e. The van der Waals surface area contributed by atoms with Gasteiger partial charge in [-0.1, -0.05) is 19.4 Å². The Morgan fingerprint density at radius 3 is 2.50 bits per heavy atom. The first-order chi connectivity index (χ1) is 5.52. The van der Waals surface area contributed by atoms with Crippen LogP contribution in [0.25, 0.3) is 0 Å². The molecule has 0 N–H and O–H groups in total. The van der Waals surface area contributed by atoms with Crippen LogP contribution in [0.3, 0.4) is 0 Å². The van der Waals surface area contributed by atoms with Crippen LogP contribution in [-0.2, 0) is 4.43 Å². The molecule has 1 atom stereocenters. The van der Waals surface area contributed by atoms with Crippen LogP contribution in [0.5, 0.6) is 0 Å². The Kier molecular flexibility index (Phi) is 5.50. The van der Waals surface area contributed by atoms with Crippen LogP contribution in [0.15, 0.2) is 12.7 Å². The van der Waals surface area contributed by atoms with Crippen molar-refractivity contribution in [2.45, 2.75) is 51.9 Å². The first kappa shape index (κ1) is 11.9. The van der Waals surface area contributed by atoms with Crippen LogP contribution >= 0.6 is 0 Å². The smallest absolute Gasteiger partial charge is 0.190 e. The molecule has 0 aliphatic carbocycles. The molecule has 1 unspecified atom stereocenters. The summed E-state index contributed by atoms with van der Waals surface area (Å²) in [6.07, 6.45) is 4.79. The molecule has 0 rings (SSSR count). The molecular formula is C10H22OSi. The third kappa shape index (κ3) is 5.55. The number of hydrogen-bond donors (Lipinski definition) is 0. The minimum atomic E-state index is -1.42. The van der Waals surface area contributed by atoms with Gasteiger partial charge in [0.05, 0.1) is 0 Å². The van der Waals surface area contributed by atoms with Gasteiger partial charge in [-0.3, -0.25) is 0 Å². The van der Waals surface area contributed by atoms with Crippen molar-refractivity contribution in [3.8, 4) is 0 Å². The average Bonchev–Trinajstić information content (AvgIpc) is 1.85. The van der Waals surface area contributed by atoms with E-state index in [4.69, 9.17) is 4.43 Å². The third-order valence-electron chi connectivity index (χ3n) is 1.85. The van der Waals surface area contributed by atoms with Crippen molar-refractivity contribution in [3.63, 3.8) is 0 Å². The van der Waals surface area contributed by atoms with Crippen molar-refractivity contribution in [2.75, 3.05) is 0 Å². The number of rotatable bonds is 6. The Morgan fingerprint density at radius 2 is 2.08 bits per heavy atom. The molecule has 0 aliphatic rings. The summed E-state index contributed by atoms with van der Waals surface area (Å²) in [6.45, 7) is 12.6. The second-order valence-corrected chi connectivity index (χ2v) is 8.13. The van der Waals surface area contributed by atoms with Gasteiger partial charge in [0.2, 0.25) is 0 Å². The maximum atomic E-state index is 5.99. The molecule has 0 fully saturated rings. The summed E-state index contributed by atoms with van der Waals surface area (Å²) < 4.78 is 5.99. The molecule has 0 heterocycles. The Balaban J connectivity index is 3.78. The van der Waals surface area contributed by atoms with Crippen molar-refractivity contribution in [1.29, 1.82) is 0 Å². The molecule has 0 radical (unpaired) electrons. The van der Waals surface area contributed by atoms with Crippen molar-refractivity contribution in [3.05, 3.63) is 12.7 Å². The zero-order chi connectivity index (χ0) is 9.61. The van der Waals surface area contributed by atoms with Gasteiger partial charge >= 0.3 is 0 Å². The van der Waals surface area contributed by atoms with Crippen molar-refractivity contribution in [2.24, 2.45) is 0 Å². The van der Waals surface area contributed by atoms with Gasteiger partial charge in [-0.05, 0) is 32.5 Å². The second-order valence-electron chi connectivity index (χ2n) is 3.97. The van der Waals surface area contributed by atoms with Crippen molar-refractivity contribution >= 4 is 8.32 Å². The largest absolute Gasteiger partial charge is 0.414 e. The number of allylic oxidation sites excluding steroid dienone is 1. The van der Waals surface area contributed by atoms with E-state index < -0.39 is 8.32 Å². The molecule has 2 heteroatoms. The molecular weight excluding hydrogens is 164 g/mol. The molecule has 0 bridgehead atoms. The van der Waals surface area contributed by atoms with Gasteiger partial charge in [0.25, 0.3) is 0 Å². The Morgan fingerprint density at radius 1 is 1.50 bits per heavy atom. The summed E-state index contributed by atoms with van der Waals surface area (Å²) in [4.78, 5) is 0. The van der Waals surface area contributed by atoms with Gasteiger partial charge in [0.15, 0.2) is 8.32 Å². The highest BCUT2D eigenvalue weighted by Gasteiger charge is 2.22. The lowest BCUT2D eigenvalue weighted by Crippen LogP contribution is -2.33. The predicted octanol–water partition coefficient (Wildman–Crippen LogP) is 3.58. The maximum absolute atomic E-state index is 5.99. The third-order valence-corrected chi connectivity index (χ3v) is 4.16. The monoisotopic (exact) mass is 186 g/mol. The van der Waals surface area contributed by atoms with Gasteiger partial charge < -0.3 is 4.43 Å². The van der Waals surface area contributed by atoms with E-state index in [1.54, 1.807) is 0 Å². The summed E-state index contributed by atoms with van der Waals surface area (Å²) in [5.41, 5.74) is 0. The summed E-state index contributed by atoms with van der Waals surface area (Å²) in [6, 6.07) is 1.06. The molecule has 0 aromatic rings. The van der Waals surface area contributed by atoms with Crippen LogP contribution in [0, 0.1) is 0 Å². The van der Waals surface area contributed by atoms with E-state index in [2.05, 4.69) is 33.5 Å². The van der Waals surface area contributed by atoms with E-state index in [9.17, 15) is 0 Å². The van der Waals surface area contributed by atoms with E-state index in [0.717, 1.165) is 6.04 Å². The van der Waals surface area contributed by atoms with E-state index in [0.29, 0.717) is 6.10 Å². The SMILES string of the molecule is C=CC[Si](C)(C)OC(C)CCC. The lowest BCUT2D eigenvalue weighted by molar-refractivity contribution is 0.201. The van der Waals surface area contributed by atoms with Gasteiger partial charge in [0, 0.05) is 6.10 Å². The van der Waals surface area contributed by atoms with E-state index in [1.807, 2.05) is 6.08 Å². The molecule has 1 nitrogen and oxygen atoms in total. The Bertz CT molecular complexity index is 132. The van der Waals surface area contributed by atoms with Gasteiger partial charge in [0.1, 0.15) is 0 Å². The van der Waals surface area contributed by atoms with Crippen LogP contribution in [0.2, 0.25) is 19.1 Å². The van der Waals surface area contributed by atoms with E-state index in [1.165, 1.54) is 12.8 Å². The number of hydrogen-bond acceptors (Lipinski definition) is 1. The van der Waals surface area contributed by atoms with E-state index in [-0.39, 0.29) is 0 Å². The normalized spacial score (nSPS) is 14.3. The van der Waals surface area contributed by atoms with Gasteiger partial charge in [-0.25, -0.2) is 0 Å². The molecule has 0 aromatic heterocycles. The zero-order valence-corrected chi connectivity index (χ0v) is 9.89. The van der Waals surface area contributed by atoms with Crippen LogP contribution in [-0.4, -0.2) is 14.4 Å². The molecule has 0 aromatic carbocycles. The fraction of sp³-hybridized carbons (Fsp3) is 0.800. The highest BCUT2D eigenvalue weighted by atomic mass is 28.4. The molecule has 0 amide bonds. The molecule has 0 saturated heterocycles. The minimum Gasteiger partial charge on any atom is -0.414 e. The molecule has 12 heavy (non-hydrogen) atoms. The first-order valence-corrected chi connectivity index (χ1v) is 7.92. The van der Waals surface area contributed by atoms with Gasteiger partial charge in [-0.2, -0.15) is 0 Å². The topological polar surface area (TPSA) is 9.23 Å². The highest BCUT2D eigenvalue weighted by Crippen LogP contribution is 2.16. The molecule has 0 aliphatic heterocycles. The second kappa shape index (κ2) is 5.54. The molecule has 0 saturated carbocycles. The van der Waals surface area contributed by atoms with E-state index >= 15 is 0 Å². The first-order valence-electron chi connectivity index (χ1n) is 4.80. The zero-order valence-electron chi connectivity index (χ0n) is 8.89. The molecule has 0 spiro atoms. The lowest BCUT2D eigenvalue weighted by Gasteiger charge is -2.26. The van der Waals surface area contributed by atoms with Crippen LogP contribution in [0.1, 0.15) is 26.7 Å². The van der Waals surface area contributed by atoms with Crippen LogP contribution < -0.4 is 0 Å². The summed E-state index contributed by atoms with van der Waals surface area (Å²) in [7, 11) is -1.42. The van der Waals surface area contributed by atoms with Crippen molar-refractivity contribution < 1.29 is 4.43 Å². The summed E-state index contributed by atoms with van der Waals surface area (Å²) >= 11 is 0. The Hall–Kier alpha value is -0.0831. The van der Waals surface area contributed by atoms with Crippen LogP contribution in [0.4, 0.5) is 0 Å². The van der Waals surface area contributed by atoms with Crippen molar-refractivity contribution in [1.82, 2.24) is 0 Å².